The van der Waals surface area contributed by atoms with Gasteiger partial charge < -0.3 is 5.32 Å². The van der Waals surface area contributed by atoms with Gasteiger partial charge in [0, 0.05) is 6.20 Å². The lowest BCUT2D eigenvalue weighted by molar-refractivity contribution is 0.0958. The number of pyridine rings is 1. The summed E-state index contributed by atoms with van der Waals surface area (Å²) in [6.07, 6.45) is 1.51. The predicted octanol–water partition coefficient (Wildman–Crippen LogP) is 1.54. The minimum atomic E-state index is -0.0679. The van der Waals surface area contributed by atoms with Crippen LogP contribution >= 0.6 is 11.6 Å². The Morgan fingerprint density at radius 2 is 2.42 bits per heavy atom. The van der Waals surface area contributed by atoms with Crippen molar-refractivity contribution >= 4 is 17.5 Å². The number of hydrogen-bond donors (Lipinski definition) is 1. The molecule has 1 aliphatic rings. The molecular formula is C8H7ClN2O. The van der Waals surface area contributed by atoms with E-state index in [1.165, 1.54) is 6.20 Å². The first-order valence-electron chi connectivity index (χ1n) is 3.65. The van der Waals surface area contributed by atoms with Crippen LogP contribution in [0.3, 0.4) is 0 Å². The lowest BCUT2D eigenvalue weighted by Crippen LogP contribution is -2.16. The molecule has 1 aromatic heterocycles. The number of carbonyl (C=O) groups is 1. The van der Waals surface area contributed by atoms with Crippen molar-refractivity contribution < 1.29 is 4.79 Å². The van der Waals surface area contributed by atoms with Crippen molar-refractivity contribution in [1.29, 1.82) is 0 Å². The highest BCUT2D eigenvalue weighted by Gasteiger charge is 2.25. The number of nitrogens with zero attached hydrogens (tertiary/aromatic N) is 1. The second-order valence-electron chi connectivity index (χ2n) is 2.79. The van der Waals surface area contributed by atoms with Gasteiger partial charge in [0.2, 0.25) is 0 Å². The molecule has 0 fully saturated rings. The quantitative estimate of drug-likeness (QED) is 0.619. The van der Waals surface area contributed by atoms with Crippen LogP contribution in [0.4, 0.5) is 0 Å². The summed E-state index contributed by atoms with van der Waals surface area (Å²) >= 11 is 5.69. The van der Waals surface area contributed by atoms with E-state index >= 15 is 0 Å². The van der Waals surface area contributed by atoms with E-state index in [4.69, 9.17) is 11.6 Å². The van der Waals surface area contributed by atoms with Gasteiger partial charge in [0.1, 0.15) is 5.15 Å². The van der Waals surface area contributed by atoms with Gasteiger partial charge in [0.05, 0.1) is 11.6 Å². The van der Waals surface area contributed by atoms with Gasteiger partial charge >= 0.3 is 0 Å². The maximum atomic E-state index is 11.2. The van der Waals surface area contributed by atoms with E-state index < -0.39 is 0 Å². The summed E-state index contributed by atoms with van der Waals surface area (Å²) in [5.41, 5.74) is 1.56. The molecule has 1 unspecified atom stereocenters. The Balaban J connectivity index is 2.60. The third-order valence-corrected chi connectivity index (χ3v) is 2.17. The zero-order valence-electron chi connectivity index (χ0n) is 6.47. The highest BCUT2D eigenvalue weighted by atomic mass is 35.5. The van der Waals surface area contributed by atoms with Crippen molar-refractivity contribution in [2.45, 2.75) is 13.0 Å². The SMILES string of the molecule is CC1NC(=O)c2cnc(Cl)cc21. The van der Waals surface area contributed by atoms with Gasteiger partial charge in [-0.3, -0.25) is 4.79 Å². The first-order valence-corrected chi connectivity index (χ1v) is 4.02. The van der Waals surface area contributed by atoms with Crippen LogP contribution in [0.1, 0.15) is 28.9 Å². The molecule has 0 saturated carbocycles. The summed E-state index contributed by atoms with van der Waals surface area (Å²) in [5, 5.41) is 3.20. The number of hydrogen-bond acceptors (Lipinski definition) is 2. The lowest BCUT2D eigenvalue weighted by Gasteiger charge is -2.01. The first kappa shape index (κ1) is 7.55. The lowest BCUT2D eigenvalue weighted by atomic mass is 10.1. The van der Waals surface area contributed by atoms with Gasteiger partial charge in [-0.25, -0.2) is 4.98 Å². The highest BCUT2D eigenvalue weighted by molar-refractivity contribution is 6.29. The zero-order valence-corrected chi connectivity index (χ0v) is 7.22. The molecule has 0 saturated heterocycles. The van der Waals surface area contributed by atoms with Gasteiger partial charge in [-0.15, -0.1) is 0 Å². The van der Waals surface area contributed by atoms with E-state index in [0.29, 0.717) is 10.7 Å². The number of rotatable bonds is 0. The molecule has 4 heteroatoms. The smallest absolute Gasteiger partial charge is 0.253 e. The summed E-state index contributed by atoms with van der Waals surface area (Å²) in [7, 11) is 0. The summed E-state index contributed by atoms with van der Waals surface area (Å²) in [5.74, 6) is -0.0679. The van der Waals surface area contributed by atoms with Gasteiger partial charge in [0.15, 0.2) is 0 Å². The predicted molar refractivity (Wildman–Crippen MR) is 45.1 cm³/mol. The van der Waals surface area contributed by atoms with Gasteiger partial charge in [-0.05, 0) is 18.6 Å². The molecule has 0 aliphatic carbocycles. The summed E-state index contributed by atoms with van der Waals surface area (Å²) in [4.78, 5) is 15.0. The molecule has 0 aromatic carbocycles. The summed E-state index contributed by atoms with van der Waals surface area (Å²) in [6.45, 7) is 1.92. The Bertz CT molecular complexity index is 351. The normalized spacial score (nSPS) is 20.5. The fourth-order valence-electron chi connectivity index (χ4n) is 1.34. The number of halogens is 1. The maximum Gasteiger partial charge on any atom is 0.253 e. The molecule has 0 bridgehead atoms. The fraction of sp³-hybridized carbons (Fsp3) is 0.250. The van der Waals surface area contributed by atoms with Crippen LogP contribution in [-0.4, -0.2) is 10.9 Å². The molecule has 1 N–H and O–H groups in total. The largest absolute Gasteiger partial charge is 0.345 e. The number of aromatic nitrogens is 1. The molecular weight excluding hydrogens is 176 g/mol. The Kier molecular flexibility index (Phi) is 1.54. The molecule has 0 spiro atoms. The molecule has 2 heterocycles. The fourth-order valence-corrected chi connectivity index (χ4v) is 1.51. The highest BCUT2D eigenvalue weighted by Crippen LogP contribution is 2.25. The van der Waals surface area contributed by atoms with Crippen LogP contribution in [0.2, 0.25) is 5.15 Å². The van der Waals surface area contributed by atoms with E-state index in [1.54, 1.807) is 6.07 Å². The number of amides is 1. The topological polar surface area (TPSA) is 42.0 Å². The third kappa shape index (κ3) is 0.975. The van der Waals surface area contributed by atoms with Crippen LogP contribution in [0.15, 0.2) is 12.3 Å². The van der Waals surface area contributed by atoms with E-state index in [2.05, 4.69) is 10.3 Å². The Labute approximate surface area is 74.8 Å². The van der Waals surface area contributed by atoms with Crippen molar-refractivity contribution in [3.05, 3.63) is 28.5 Å². The number of carbonyl (C=O) groups excluding carboxylic acids is 1. The molecule has 1 aromatic rings. The molecule has 2 rings (SSSR count). The Morgan fingerprint density at radius 3 is 3.17 bits per heavy atom. The minimum absolute atomic E-state index is 0.0491. The van der Waals surface area contributed by atoms with E-state index in [1.807, 2.05) is 6.92 Å². The Hall–Kier alpha value is -1.09. The molecule has 0 radical (unpaired) electrons. The second-order valence-corrected chi connectivity index (χ2v) is 3.18. The molecule has 62 valence electrons. The zero-order chi connectivity index (χ0) is 8.72. The third-order valence-electron chi connectivity index (χ3n) is 1.96. The van der Waals surface area contributed by atoms with Gasteiger partial charge in [0.25, 0.3) is 5.91 Å². The van der Waals surface area contributed by atoms with Crippen molar-refractivity contribution in [2.24, 2.45) is 0 Å². The van der Waals surface area contributed by atoms with E-state index in [-0.39, 0.29) is 11.9 Å². The molecule has 1 amide bonds. The van der Waals surface area contributed by atoms with Crippen molar-refractivity contribution in [1.82, 2.24) is 10.3 Å². The van der Waals surface area contributed by atoms with Crippen LogP contribution in [0.25, 0.3) is 0 Å². The van der Waals surface area contributed by atoms with E-state index in [9.17, 15) is 4.79 Å². The van der Waals surface area contributed by atoms with Crippen LogP contribution in [0, 0.1) is 0 Å². The molecule has 3 nitrogen and oxygen atoms in total. The van der Waals surface area contributed by atoms with Gasteiger partial charge in [-0.1, -0.05) is 11.6 Å². The van der Waals surface area contributed by atoms with Crippen LogP contribution < -0.4 is 5.32 Å². The van der Waals surface area contributed by atoms with E-state index in [0.717, 1.165) is 5.56 Å². The van der Waals surface area contributed by atoms with Crippen molar-refractivity contribution in [3.8, 4) is 0 Å². The van der Waals surface area contributed by atoms with Crippen LogP contribution in [-0.2, 0) is 0 Å². The summed E-state index contributed by atoms with van der Waals surface area (Å²) < 4.78 is 0. The average molecular weight is 183 g/mol. The average Bonchev–Trinajstić information content (AvgIpc) is 2.28. The standard InChI is InChI=1S/C8H7ClN2O/c1-4-5-2-7(9)10-3-6(5)8(12)11-4/h2-4H,1H3,(H,11,12). The number of nitrogens with one attached hydrogen (secondary N) is 1. The number of fused-ring (bicyclic) bond motifs is 1. The van der Waals surface area contributed by atoms with Crippen LogP contribution in [0.5, 0.6) is 0 Å². The van der Waals surface area contributed by atoms with Gasteiger partial charge in [-0.2, -0.15) is 0 Å². The minimum Gasteiger partial charge on any atom is -0.345 e. The Morgan fingerprint density at radius 1 is 1.67 bits per heavy atom. The molecule has 1 aliphatic heterocycles. The maximum absolute atomic E-state index is 11.2. The molecule has 1 atom stereocenters. The van der Waals surface area contributed by atoms with Crippen molar-refractivity contribution in [2.75, 3.05) is 0 Å². The summed E-state index contributed by atoms with van der Waals surface area (Å²) in [6, 6.07) is 1.77. The van der Waals surface area contributed by atoms with Crippen molar-refractivity contribution in [3.63, 3.8) is 0 Å². The molecule has 12 heavy (non-hydrogen) atoms. The monoisotopic (exact) mass is 182 g/mol. The second kappa shape index (κ2) is 2.45. The first-order chi connectivity index (χ1) is 5.68.